The van der Waals surface area contributed by atoms with Crippen molar-refractivity contribution in [3.8, 4) is 0 Å². The van der Waals surface area contributed by atoms with E-state index >= 15 is 0 Å². The summed E-state index contributed by atoms with van der Waals surface area (Å²) in [6.07, 6.45) is 6.34. The SMILES string of the molecule is C=C1CCC(N2C(=O)c3cccc(NCc4cnn(C5CCN(C(=O)CN6CCOCC6)CC5)c4)c3C2=O)C(=O)N1. The van der Waals surface area contributed by atoms with Crippen LogP contribution in [0.5, 0.6) is 0 Å². The Morgan fingerprint density at radius 3 is 2.61 bits per heavy atom. The number of rotatable bonds is 7. The van der Waals surface area contributed by atoms with E-state index in [1.807, 2.05) is 15.8 Å². The number of morpholine rings is 1. The van der Waals surface area contributed by atoms with Gasteiger partial charge in [0, 0.05) is 55.9 Å². The number of amides is 4. The third-order valence-corrected chi connectivity index (χ3v) is 8.37. The van der Waals surface area contributed by atoms with Gasteiger partial charge >= 0.3 is 0 Å². The standard InChI is InChI=1S/C29H35N7O5/c1-19-5-6-24(27(38)32-19)36-28(39)22-3-2-4-23(26(22)29(36)40)30-15-20-16-31-35(17-20)21-7-9-34(10-8-21)25(37)18-33-11-13-41-14-12-33/h2-4,16-17,21,24,30H,1,5-15,18H2,(H,32,38). The summed E-state index contributed by atoms with van der Waals surface area (Å²) in [4.78, 5) is 56.9. The minimum atomic E-state index is -0.847. The van der Waals surface area contributed by atoms with Crippen molar-refractivity contribution in [3.05, 3.63) is 59.6 Å². The highest BCUT2D eigenvalue weighted by molar-refractivity contribution is 6.25. The number of carbonyl (C=O) groups excluding carboxylic acids is 4. The molecule has 1 unspecified atom stereocenters. The van der Waals surface area contributed by atoms with Gasteiger partial charge in [-0.25, -0.2) is 0 Å². The van der Waals surface area contributed by atoms with Crippen LogP contribution in [0, 0.1) is 0 Å². The van der Waals surface area contributed by atoms with Crippen molar-refractivity contribution in [3.63, 3.8) is 0 Å². The zero-order valence-corrected chi connectivity index (χ0v) is 23.0. The zero-order valence-electron chi connectivity index (χ0n) is 23.0. The molecule has 0 aliphatic carbocycles. The minimum Gasteiger partial charge on any atom is -0.380 e. The topological polar surface area (TPSA) is 129 Å². The number of allylic oxidation sites excluding steroid dienone is 1. The number of benzene rings is 1. The van der Waals surface area contributed by atoms with E-state index in [2.05, 4.69) is 27.2 Å². The van der Waals surface area contributed by atoms with E-state index in [4.69, 9.17) is 4.74 Å². The summed E-state index contributed by atoms with van der Waals surface area (Å²) in [7, 11) is 0. The van der Waals surface area contributed by atoms with Crippen molar-refractivity contribution in [2.45, 2.75) is 44.3 Å². The third kappa shape index (κ3) is 5.49. The number of hydrogen-bond acceptors (Lipinski definition) is 8. The van der Waals surface area contributed by atoms with Gasteiger partial charge in [-0.15, -0.1) is 0 Å². The lowest BCUT2D eigenvalue weighted by atomic mass is 10.0. The Hall–Kier alpha value is -4.03. The summed E-state index contributed by atoms with van der Waals surface area (Å²) in [6, 6.07) is 4.49. The van der Waals surface area contributed by atoms with E-state index in [9.17, 15) is 19.2 Å². The second kappa shape index (κ2) is 11.5. The first-order valence-corrected chi connectivity index (χ1v) is 14.2. The van der Waals surface area contributed by atoms with Crippen molar-refractivity contribution in [1.82, 2.24) is 29.8 Å². The molecule has 216 valence electrons. The second-order valence-electron chi connectivity index (χ2n) is 11.0. The van der Waals surface area contributed by atoms with Crippen LogP contribution in [0.15, 0.2) is 42.9 Å². The van der Waals surface area contributed by atoms with Gasteiger partial charge in [-0.2, -0.15) is 5.10 Å². The van der Waals surface area contributed by atoms with Crippen LogP contribution in [-0.4, -0.2) is 100 Å². The Labute approximate surface area is 238 Å². The predicted octanol–water partition coefficient (Wildman–Crippen LogP) is 1.38. The summed E-state index contributed by atoms with van der Waals surface area (Å²) in [5, 5.41) is 10.5. The van der Waals surface area contributed by atoms with Crippen molar-refractivity contribution in [2.24, 2.45) is 0 Å². The summed E-state index contributed by atoms with van der Waals surface area (Å²) >= 11 is 0. The van der Waals surface area contributed by atoms with E-state index in [0.717, 1.165) is 36.4 Å². The Morgan fingerprint density at radius 2 is 1.85 bits per heavy atom. The molecule has 1 aromatic carbocycles. The summed E-state index contributed by atoms with van der Waals surface area (Å²) in [6.45, 7) is 9.01. The van der Waals surface area contributed by atoms with Crippen LogP contribution in [0.1, 0.15) is 58.0 Å². The minimum absolute atomic E-state index is 0.173. The lowest BCUT2D eigenvalue weighted by Crippen LogP contribution is -2.51. The van der Waals surface area contributed by atoms with Crippen molar-refractivity contribution >= 4 is 29.3 Å². The molecule has 4 amide bonds. The maximum Gasteiger partial charge on any atom is 0.264 e. The zero-order chi connectivity index (χ0) is 28.5. The molecule has 3 saturated heterocycles. The molecule has 3 fully saturated rings. The molecule has 4 aliphatic rings. The van der Waals surface area contributed by atoms with Crippen LogP contribution in [0.25, 0.3) is 0 Å². The number of likely N-dealkylation sites (tertiary alicyclic amines) is 1. The average Bonchev–Trinajstić information content (AvgIpc) is 3.56. The van der Waals surface area contributed by atoms with Crippen LogP contribution >= 0.6 is 0 Å². The van der Waals surface area contributed by atoms with E-state index < -0.39 is 17.9 Å². The highest BCUT2D eigenvalue weighted by atomic mass is 16.5. The van der Waals surface area contributed by atoms with Gasteiger partial charge in [-0.05, 0) is 37.8 Å². The van der Waals surface area contributed by atoms with E-state index in [0.29, 0.717) is 69.2 Å². The molecule has 0 spiro atoms. The number of anilines is 1. The van der Waals surface area contributed by atoms with Gasteiger partial charge in [0.15, 0.2) is 0 Å². The molecule has 12 nitrogen and oxygen atoms in total. The molecule has 0 bridgehead atoms. The molecule has 0 radical (unpaired) electrons. The molecule has 4 aliphatic heterocycles. The Bertz CT molecular complexity index is 1370. The molecule has 1 atom stereocenters. The number of fused-ring (bicyclic) bond motifs is 1. The Kier molecular flexibility index (Phi) is 7.59. The van der Waals surface area contributed by atoms with Gasteiger partial charge in [0.05, 0.1) is 43.1 Å². The van der Waals surface area contributed by atoms with Crippen LogP contribution in [0.4, 0.5) is 5.69 Å². The molecule has 6 rings (SSSR count). The summed E-state index contributed by atoms with van der Waals surface area (Å²) < 4.78 is 7.33. The number of hydrogen-bond donors (Lipinski definition) is 2. The van der Waals surface area contributed by atoms with Gasteiger partial charge < -0.3 is 20.3 Å². The van der Waals surface area contributed by atoms with Crippen molar-refractivity contribution in [1.29, 1.82) is 0 Å². The maximum atomic E-state index is 13.4. The van der Waals surface area contributed by atoms with E-state index in [1.54, 1.807) is 24.4 Å². The molecule has 41 heavy (non-hydrogen) atoms. The summed E-state index contributed by atoms with van der Waals surface area (Å²) in [5.41, 5.74) is 2.66. The number of nitrogens with one attached hydrogen (secondary N) is 2. The van der Waals surface area contributed by atoms with Gasteiger partial charge in [0.2, 0.25) is 11.8 Å². The van der Waals surface area contributed by atoms with Crippen LogP contribution in [-0.2, 0) is 20.9 Å². The first-order valence-electron chi connectivity index (χ1n) is 14.2. The lowest BCUT2D eigenvalue weighted by molar-refractivity contribution is -0.134. The predicted molar refractivity (Wildman–Crippen MR) is 149 cm³/mol. The molecular formula is C29H35N7O5. The second-order valence-corrected chi connectivity index (χ2v) is 11.0. The van der Waals surface area contributed by atoms with Crippen molar-refractivity contribution in [2.75, 3.05) is 51.3 Å². The molecule has 12 heteroatoms. The number of imide groups is 1. The molecule has 1 aromatic heterocycles. The van der Waals surface area contributed by atoms with Crippen molar-refractivity contribution < 1.29 is 23.9 Å². The van der Waals surface area contributed by atoms with Crippen LogP contribution in [0.3, 0.4) is 0 Å². The smallest absolute Gasteiger partial charge is 0.264 e. The quantitative estimate of drug-likeness (QED) is 0.485. The van der Waals surface area contributed by atoms with Crippen LogP contribution < -0.4 is 10.6 Å². The highest BCUT2D eigenvalue weighted by Gasteiger charge is 2.45. The number of ether oxygens (including phenoxy) is 1. The fourth-order valence-corrected chi connectivity index (χ4v) is 6.04. The first-order chi connectivity index (χ1) is 19.9. The van der Waals surface area contributed by atoms with Crippen LogP contribution in [0.2, 0.25) is 0 Å². The number of piperidine rings is 2. The highest BCUT2D eigenvalue weighted by Crippen LogP contribution is 2.33. The molecule has 0 saturated carbocycles. The monoisotopic (exact) mass is 561 g/mol. The molecule has 2 N–H and O–H groups in total. The Morgan fingerprint density at radius 1 is 1.07 bits per heavy atom. The Balaban J connectivity index is 1.05. The number of nitrogens with zero attached hydrogens (tertiary/aromatic N) is 5. The third-order valence-electron chi connectivity index (χ3n) is 8.37. The summed E-state index contributed by atoms with van der Waals surface area (Å²) in [5.74, 6) is -1.13. The first kappa shape index (κ1) is 27.2. The number of carbonyl (C=O) groups is 4. The average molecular weight is 562 g/mol. The molecular weight excluding hydrogens is 526 g/mol. The fraction of sp³-hybridized carbons (Fsp3) is 0.483. The largest absolute Gasteiger partial charge is 0.380 e. The van der Waals surface area contributed by atoms with Gasteiger partial charge in [-0.3, -0.25) is 33.7 Å². The fourth-order valence-electron chi connectivity index (χ4n) is 6.04. The molecule has 5 heterocycles. The van der Waals surface area contributed by atoms with E-state index in [-0.39, 0.29) is 23.4 Å². The van der Waals surface area contributed by atoms with Gasteiger partial charge in [0.1, 0.15) is 6.04 Å². The van der Waals surface area contributed by atoms with E-state index in [1.165, 1.54) is 0 Å². The number of aromatic nitrogens is 2. The lowest BCUT2D eigenvalue weighted by Gasteiger charge is -2.34. The maximum absolute atomic E-state index is 13.4. The normalized spacial score (nSPS) is 22.2. The molecule has 2 aromatic rings. The van der Waals surface area contributed by atoms with Gasteiger partial charge in [0.25, 0.3) is 11.8 Å². The van der Waals surface area contributed by atoms with Gasteiger partial charge in [-0.1, -0.05) is 12.6 Å².